The summed E-state index contributed by atoms with van der Waals surface area (Å²) < 4.78 is 5.03. The van der Waals surface area contributed by atoms with E-state index in [1.54, 1.807) is 18.2 Å². The maximum atomic E-state index is 12.3. The van der Waals surface area contributed by atoms with Gasteiger partial charge in [-0.3, -0.25) is 0 Å². The second-order valence-corrected chi connectivity index (χ2v) is 5.07. The number of carbonyl (C=O) groups excluding carboxylic acids is 2. The molecule has 0 saturated heterocycles. The highest BCUT2D eigenvalue weighted by Gasteiger charge is 2.29. The molecule has 24 heavy (non-hydrogen) atoms. The molecule has 7 heteroatoms. The number of urea groups is 1. The van der Waals surface area contributed by atoms with Gasteiger partial charge in [-0.1, -0.05) is 36.4 Å². The van der Waals surface area contributed by atoms with Crippen molar-refractivity contribution in [2.75, 3.05) is 13.2 Å². The summed E-state index contributed by atoms with van der Waals surface area (Å²) in [7, 11) is 0. The van der Waals surface area contributed by atoms with Gasteiger partial charge in [0.25, 0.3) is 0 Å². The molecule has 2 aromatic rings. The predicted molar refractivity (Wildman–Crippen MR) is 87.6 cm³/mol. The summed E-state index contributed by atoms with van der Waals surface area (Å²) in [5.74, 6) is -0.528. The number of amides is 2. The zero-order valence-corrected chi connectivity index (χ0v) is 12.7. The van der Waals surface area contributed by atoms with E-state index in [1.165, 1.54) is 0 Å². The van der Waals surface area contributed by atoms with Crippen molar-refractivity contribution in [2.45, 2.75) is 0 Å². The van der Waals surface area contributed by atoms with Crippen LogP contribution >= 0.6 is 0 Å². The smallest absolute Gasteiger partial charge is 0.338 e. The lowest BCUT2D eigenvalue weighted by atomic mass is 9.99. The third kappa shape index (κ3) is 2.72. The fraction of sp³-hybridized carbons (Fsp3) is 0.118. The second-order valence-electron chi connectivity index (χ2n) is 5.07. The number of fused-ring (bicyclic) bond motifs is 3. The molecule has 0 aromatic heterocycles. The third-order valence-corrected chi connectivity index (χ3v) is 3.59. The van der Waals surface area contributed by atoms with Crippen LogP contribution in [0.2, 0.25) is 0 Å². The maximum absolute atomic E-state index is 12.3. The van der Waals surface area contributed by atoms with Crippen LogP contribution in [0.1, 0.15) is 21.5 Å². The molecule has 2 aromatic carbocycles. The molecule has 0 saturated carbocycles. The summed E-state index contributed by atoms with van der Waals surface area (Å²) in [6, 6.07) is 11.8. The van der Waals surface area contributed by atoms with Gasteiger partial charge in [-0.15, -0.1) is 0 Å². The van der Waals surface area contributed by atoms with E-state index in [2.05, 4.69) is 10.5 Å². The molecule has 122 valence electrons. The molecule has 3 rings (SSSR count). The topological polar surface area (TPSA) is 114 Å². The maximum Gasteiger partial charge on any atom is 0.338 e. The van der Waals surface area contributed by atoms with Crippen molar-refractivity contribution in [2.24, 2.45) is 10.8 Å². The normalized spacial score (nSPS) is 13.3. The van der Waals surface area contributed by atoms with Crippen LogP contribution in [0.3, 0.4) is 0 Å². The lowest BCUT2D eigenvalue weighted by Crippen LogP contribution is -2.25. The zero-order chi connectivity index (χ0) is 17.1. The second kappa shape index (κ2) is 6.51. The van der Waals surface area contributed by atoms with Crippen molar-refractivity contribution < 1.29 is 19.4 Å². The van der Waals surface area contributed by atoms with Crippen LogP contribution in [0, 0.1) is 0 Å². The average molecular weight is 325 g/mol. The first-order valence-corrected chi connectivity index (χ1v) is 7.27. The van der Waals surface area contributed by atoms with Crippen molar-refractivity contribution >= 4 is 17.7 Å². The van der Waals surface area contributed by atoms with Crippen LogP contribution in [0.15, 0.2) is 47.6 Å². The van der Waals surface area contributed by atoms with Crippen molar-refractivity contribution in [1.82, 2.24) is 5.43 Å². The first-order valence-electron chi connectivity index (χ1n) is 7.27. The first-order chi connectivity index (χ1) is 11.6. The molecule has 2 amide bonds. The Morgan fingerprint density at radius 2 is 1.79 bits per heavy atom. The summed E-state index contributed by atoms with van der Waals surface area (Å²) in [6.45, 7) is -0.319. The minimum atomic E-state index is -0.771. The summed E-state index contributed by atoms with van der Waals surface area (Å²) in [5, 5.41) is 12.9. The first kappa shape index (κ1) is 15.7. The Labute approximate surface area is 137 Å². The van der Waals surface area contributed by atoms with Gasteiger partial charge in [0.1, 0.15) is 6.61 Å². The predicted octanol–water partition coefficient (Wildman–Crippen LogP) is 1.24. The van der Waals surface area contributed by atoms with Gasteiger partial charge >= 0.3 is 12.0 Å². The number of nitrogens with zero attached hydrogens (tertiary/aromatic N) is 1. The number of benzene rings is 2. The number of hydrogen-bond acceptors (Lipinski definition) is 5. The Morgan fingerprint density at radius 3 is 2.50 bits per heavy atom. The van der Waals surface area contributed by atoms with E-state index in [-0.39, 0.29) is 13.2 Å². The van der Waals surface area contributed by atoms with Gasteiger partial charge in [-0.25, -0.2) is 15.0 Å². The highest BCUT2D eigenvalue weighted by molar-refractivity contribution is 6.26. The molecule has 1 aliphatic carbocycles. The Hall–Kier alpha value is -3.19. The Morgan fingerprint density at radius 1 is 1.08 bits per heavy atom. The fourth-order valence-electron chi connectivity index (χ4n) is 2.71. The van der Waals surface area contributed by atoms with E-state index in [0.29, 0.717) is 22.4 Å². The molecule has 4 N–H and O–H groups in total. The van der Waals surface area contributed by atoms with Crippen molar-refractivity contribution in [1.29, 1.82) is 0 Å². The minimum absolute atomic E-state index is 0.0751. The van der Waals surface area contributed by atoms with Crippen molar-refractivity contribution in [3.8, 4) is 11.1 Å². The number of hydrogen-bond donors (Lipinski definition) is 3. The quantitative estimate of drug-likeness (QED) is 0.494. The number of aliphatic hydroxyl groups is 1. The number of primary amides is 1. The molecule has 0 bridgehead atoms. The molecular formula is C17H15N3O4. The third-order valence-electron chi connectivity index (χ3n) is 3.59. The Kier molecular flexibility index (Phi) is 4.26. The molecule has 7 nitrogen and oxygen atoms in total. The van der Waals surface area contributed by atoms with Crippen LogP contribution in [0.25, 0.3) is 11.1 Å². The number of ether oxygens (including phenoxy) is 1. The molecule has 1 aliphatic rings. The molecule has 0 unspecified atom stereocenters. The van der Waals surface area contributed by atoms with Crippen LogP contribution in [-0.4, -0.2) is 36.0 Å². The number of nitrogens with one attached hydrogen (secondary N) is 1. The van der Waals surface area contributed by atoms with E-state index in [0.717, 1.165) is 11.1 Å². The fourth-order valence-corrected chi connectivity index (χ4v) is 2.71. The van der Waals surface area contributed by atoms with Crippen LogP contribution in [-0.2, 0) is 4.74 Å². The monoisotopic (exact) mass is 325 g/mol. The lowest BCUT2D eigenvalue weighted by molar-refractivity contribution is 0.0434. The van der Waals surface area contributed by atoms with Crippen molar-refractivity contribution in [3.05, 3.63) is 59.2 Å². The largest absolute Gasteiger partial charge is 0.460 e. The van der Waals surface area contributed by atoms with E-state index < -0.39 is 12.0 Å². The molecule has 0 heterocycles. The number of rotatable bonds is 4. The highest BCUT2D eigenvalue weighted by atomic mass is 16.5. The molecule has 0 fully saturated rings. The average Bonchev–Trinajstić information content (AvgIpc) is 2.91. The summed E-state index contributed by atoms with van der Waals surface area (Å²) >= 11 is 0. The Balaban J connectivity index is 2.15. The van der Waals surface area contributed by atoms with E-state index in [1.807, 2.05) is 24.3 Å². The van der Waals surface area contributed by atoms with Gasteiger partial charge in [0, 0.05) is 16.7 Å². The van der Waals surface area contributed by atoms with Crippen molar-refractivity contribution in [3.63, 3.8) is 0 Å². The van der Waals surface area contributed by atoms with Crippen LogP contribution in [0.4, 0.5) is 4.79 Å². The van der Waals surface area contributed by atoms with Crippen LogP contribution in [0.5, 0.6) is 0 Å². The number of hydrazone groups is 1. The number of nitrogens with two attached hydrogens (primary N) is 1. The van der Waals surface area contributed by atoms with Gasteiger partial charge in [-0.05, 0) is 11.6 Å². The number of esters is 1. The standard InChI is InChI=1S/C17H15N3O4/c18-17(23)20-19-15-11-5-2-1-4-10(11)14-12(15)6-3-7-13(14)16(22)24-9-8-21/h1-7,21H,8-9H2,(H3,18,20,23). The van der Waals surface area contributed by atoms with E-state index in [4.69, 9.17) is 15.6 Å². The van der Waals surface area contributed by atoms with E-state index in [9.17, 15) is 9.59 Å². The van der Waals surface area contributed by atoms with Gasteiger partial charge in [0.2, 0.25) is 0 Å². The van der Waals surface area contributed by atoms with Gasteiger partial charge in [0.05, 0.1) is 17.9 Å². The summed E-state index contributed by atoms with van der Waals surface area (Å²) in [6.07, 6.45) is 0. The molecule has 0 atom stereocenters. The van der Waals surface area contributed by atoms with Gasteiger partial charge < -0.3 is 15.6 Å². The summed E-state index contributed by atoms with van der Waals surface area (Å²) in [5.41, 5.74) is 11.2. The molecule has 0 spiro atoms. The lowest BCUT2D eigenvalue weighted by Gasteiger charge is -2.08. The van der Waals surface area contributed by atoms with Gasteiger partial charge in [0.15, 0.2) is 0 Å². The minimum Gasteiger partial charge on any atom is -0.460 e. The molecule has 0 aliphatic heterocycles. The molecule has 0 radical (unpaired) electrons. The molecular weight excluding hydrogens is 310 g/mol. The Bertz CT molecular complexity index is 845. The highest BCUT2D eigenvalue weighted by Crippen LogP contribution is 2.39. The van der Waals surface area contributed by atoms with E-state index >= 15 is 0 Å². The summed E-state index contributed by atoms with van der Waals surface area (Å²) in [4.78, 5) is 23.3. The number of aliphatic hydroxyl groups excluding tert-OH is 1. The van der Waals surface area contributed by atoms with Gasteiger partial charge in [-0.2, -0.15) is 5.10 Å². The SMILES string of the molecule is NC(=O)NN=C1c2ccccc2-c2c(C(=O)OCCO)cccc21. The number of carbonyl (C=O) groups is 2. The zero-order valence-electron chi connectivity index (χ0n) is 12.7. The van der Waals surface area contributed by atoms with Crippen LogP contribution < -0.4 is 11.2 Å².